The van der Waals surface area contributed by atoms with Gasteiger partial charge in [0.25, 0.3) is 5.91 Å². The van der Waals surface area contributed by atoms with Crippen LogP contribution >= 0.6 is 0 Å². The van der Waals surface area contributed by atoms with Gasteiger partial charge in [0, 0.05) is 30.7 Å². The van der Waals surface area contributed by atoms with Gasteiger partial charge >= 0.3 is 0 Å². The number of rotatable bonds is 1. The second-order valence-electron chi connectivity index (χ2n) is 4.93. The predicted octanol–water partition coefficient (Wildman–Crippen LogP) is 1.82. The van der Waals surface area contributed by atoms with Crippen LogP contribution in [0.5, 0.6) is 0 Å². The molecule has 1 aliphatic heterocycles. The predicted molar refractivity (Wildman–Crippen MR) is 69.1 cm³/mol. The highest BCUT2D eigenvalue weighted by Crippen LogP contribution is 2.15. The maximum Gasteiger partial charge on any atom is 0.254 e. The van der Waals surface area contributed by atoms with Crippen molar-refractivity contribution in [3.8, 4) is 0 Å². The van der Waals surface area contributed by atoms with Crippen LogP contribution < -0.4 is 5.32 Å². The first-order valence-electron chi connectivity index (χ1n) is 6.19. The van der Waals surface area contributed by atoms with E-state index in [4.69, 9.17) is 0 Å². The molecule has 0 saturated carbocycles. The van der Waals surface area contributed by atoms with Crippen molar-refractivity contribution >= 4 is 5.91 Å². The maximum absolute atomic E-state index is 12.5. The minimum atomic E-state index is 0.156. The molecule has 1 aromatic carbocycles. The largest absolute Gasteiger partial charge is 0.333 e. The normalized spacial score (nSPS) is 24.8. The third kappa shape index (κ3) is 2.50. The standard InChI is InChI=1S/C14H20N2O/c1-10-6-4-5-7-13(10)14(17)16-9-11(2)15-8-12(16)3/h4-7,11-12,15H,8-9H2,1-3H3. The van der Waals surface area contributed by atoms with Crippen LogP contribution in [0.1, 0.15) is 29.8 Å². The fourth-order valence-corrected chi connectivity index (χ4v) is 2.27. The average molecular weight is 232 g/mol. The van der Waals surface area contributed by atoms with Gasteiger partial charge < -0.3 is 10.2 Å². The van der Waals surface area contributed by atoms with E-state index >= 15 is 0 Å². The number of nitrogens with one attached hydrogen (secondary N) is 1. The van der Waals surface area contributed by atoms with Crippen molar-refractivity contribution in [1.82, 2.24) is 10.2 Å². The fourth-order valence-electron chi connectivity index (χ4n) is 2.27. The summed E-state index contributed by atoms with van der Waals surface area (Å²) < 4.78 is 0. The third-order valence-corrected chi connectivity index (χ3v) is 3.40. The number of carbonyl (C=O) groups excluding carboxylic acids is 1. The van der Waals surface area contributed by atoms with Crippen molar-refractivity contribution in [2.75, 3.05) is 13.1 Å². The summed E-state index contributed by atoms with van der Waals surface area (Å²) >= 11 is 0. The van der Waals surface area contributed by atoms with Gasteiger partial charge in [0.2, 0.25) is 0 Å². The Labute approximate surface area is 103 Å². The molecular weight excluding hydrogens is 212 g/mol. The van der Waals surface area contributed by atoms with Crippen LogP contribution in [0.2, 0.25) is 0 Å². The first kappa shape index (κ1) is 12.1. The van der Waals surface area contributed by atoms with Crippen molar-refractivity contribution in [3.63, 3.8) is 0 Å². The summed E-state index contributed by atoms with van der Waals surface area (Å²) in [4.78, 5) is 14.5. The highest BCUT2D eigenvalue weighted by atomic mass is 16.2. The molecule has 2 unspecified atom stereocenters. The molecule has 2 rings (SSSR count). The molecule has 3 nitrogen and oxygen atoms in total. The van der Waals surface area contributed by atoms with E-state index in [2.05, 4.69) is 19.2 Å². The minimum Gasteiger partial charge on any atom is -0.333 e. The highest BCUT2D eigenvalue weighted by molar-refractivity contribution is 5.95. The second-order valence-corrected chi connectivity index (χ2v) is 4.93. The Hall–Kier alpha value is -1.35. The molecule has 0 radical (unpaired) electrons. The molecule has 0 bridgehead atoms. The lowest BCUT2D eigenvalue weighted by molar-refractivity contribution is 0.0615. The van der Waals surface area contributed by atoms with E-state index in [0.717, 1.165) is 24.2 Å². The van der Waals surface area contributed by atoms with Crippen LogP contribution in [0.3, 0.4) is 0 Å². The number of nitrogens with zero attached hydrogens (tertiary/aromatic N) is 1. The molecule has 1 amide bonds. The maximum atomic E-state index is 12.5. The Balaban J connectivity index is 2.22. The molecule has 1 fully saturated rings. The Bertz CT molecular complexity index is 416. The molecule has 1 saturated heterocycles. The number of piperazine rings is 1. The van der Waals surface area contributed by atoms with E-state index in [1.54, 1.807) is 0 Å². The molecular formula is C14H20N2O. The van der Waals surface area contributed by atoms with Crippen LogP contribution in [0.25, 0.3) is 0 Å². The van der Waals surface area contributed by atoms with Crippen LogP contribution in [-0.2, 0) is 0 Å². The molecule has 0 aromatic heterocycles. The molecule has 3 heteroatoms. The van der Waals surface area contributed by atoms with Crippen molar-refractivity contribution in [2.45, 2.75) is 32.9 Å². The quantitative estimate of drug-likeness (QED) is 0.801. The molecule has 1 heterocycles. The first-order valence-corrected chi connectivity index (χ1v) is 6.19. The minimum absolute atomic E-state index is 0.156. The summed E-state index contributed by atoms with van der Waals surface area (Å²) in [5.41, 5.74) is 1.88. The zero-order valence-corrected chi connectivity index (χ0v) is 10.7. The second kappa shape index (κ2) is 4.88. The van der Waals surface area contributed by atoms with Crippen molar-refractivity contribution in [3.05, 3.63) is 35.4 Å². The van der Waals surface area contributed by atoms with Crippen LogP contribution in [-0.4, -0.2) is 36.0 Å². The smallest absolute Gasteiger partial charge is 0.254 e. The summed E-state index contributed by atoms with van der Waals surface area (Å²) in [6.45, 7) is 7.86. The van der Waals surface area contributed by atoms with Crippen LogP contribution in [0.15, 0.2) is 24.3 Å². The van der Waals surface area contributed by atoms with Gasteiger partial charge in [0.1, 0.15) is 0 Å². The zero-order valence-electron chi connectivity index (χ0n) is 10.7. The van der Waals surface area contributed by atoms with E-state index in [0.29, 0.717) is 6.04 Å². The van der Waals surface area contributed by atoms with E-state index in [1.807, 2.05) is 36.1 Å². The number of benzene rings is 1. The van der Waals surface area contributed by atoms with Gasteiger partial charge in [-0.05, 0) is 32.4 Å². The summed E-state index contributed by atoms with van der Waals surface area (Å²) in [5.74, 6) is 0.156. The van der Waals surface area contributed by atoms with Gasteiger partial charge in [0.15, 0.2) is 0 Å². The summed E-state index contributed by atoms with van der Waals surface area (Å²) in [5, 5.41) is 3.39. The molecule has 0 aliphatic carbocycles. The number of aryl methyl sites for hydroxylation is 1. The number of carbonyl (C=O) groups is 1. The summed E-state index contributed by atoms with van der Waals surface area (Å²) in [7, 11) is 0. The molecule has 1 aliphatic rings. The Morgan fingerprint density at radius 1 is 1.35 bits per heavy atom. The first-order chi connectivity index (χ1) is 8.09. The van der Waals surface area contributed by atoms with Gasteiger partial charge in [-0.2, -0.15) is 0 Å². The topological polar surface area (TPSA) is 32.3 Å². The Morgan fingerprint density at radius 3 is 2.76 bits per heavy atom. The third-order valence-electron chi connectivity index (χ3n) is 3.40. The monoisotopic (exact) mass is 232 g/mol. The van der Waals surface area contributed by atoms with E-state index < -0.39 is 0 Å². The average Bonchev–Trinajstić information content (AvgIpc) is 2.32. The SMILES string of the molecule is Cc1ccccc1C(=O)N1CC(C)NCC1C. The Morgan fingerprint density at radius 2 is 2.06 bits per heavy atom. The van der Waals surface area contributed by atoms with E-state index in [9.17, 15) is 4.79 Å². The summed E-state index contributed by atoms with van der Waals surface area (Å²) in [6.07, 6.45) is 0. The Kier molecular flexibility index (Phi) is 3.48. The van der Waals surface area contributed by atoms with E-state index in [1.165, 1.54) is 0 Å². The lowest BCUT2D eigenvalue weighted by Gasteiger charge is -2.37. The molecule has 1 aromatic rings. The van der Waals surface area contributed by atoms with Crippen molar-refractivity contribution in [2.24, 2.45) is 0 Å². The van der Waals surface area contributed by atoms with E-state index in [-0.39, 0.29) is 11.9 Å². The molecule has 92 valence electrons. The van der Waals surface area contributed by atoms with Crippen molar-refractivity contribution < 1.29 is 4.79 Å². The number of hydrogen-bond acceptors (Lipinski definition) is 2. The number of hydrogen-bond donors (Lipinski definition) is 1. The molecule has 1 N–H and O–H groups in total. The zero-order chi connectivity index (χ0) is 12.4. The highest BCUT2D eigenvalue weighted by Gasteiger charge is 2.27. The fraction of sp³-hybridized carbons (Fsp3) is 0.500. The molecule has 2 atom stereocenters. The van der Waals surface area contributed by atoms with Crippen molar-refractivity contribution in [1.29, 1.82) is 0 Å². The van der Waals surface area contributed by atoms with Gasteiger partial charge in [-0.3, -0.25) is 4.79 Å². The number of amides is 1. The lowest BCUT2D eigenvalue weighted by atomic mass is 10.0. The van der Waals surface area contributed by atoms with Crippen LogP contribution in [0.4, 0.5) is 0 Å². The van der Waals surface area contributed by atoms with Gasteiger partial charge in [-0.25, -0.2) is 0 Å². The van der Waals surface area contributed by atoms with Gasteiger partial charge in [0.05, 0.1) is 0 Å². The lowest BCUT2D eigenvalue weighted by Crippen LogP contribution is -2.56. The molecule has 17 heavy (non-hydrogen) atoms. The van der Waals surface area contributed by atoms with Gasteiger partial charge in [-0.15, -0.1) is 0 Å². The van der Waals surface area contributed by atoms with Crippen LogP contribution in [0, 0.1) is 6.92 Å². The molecule has 0 spiro atoms. The summed E-state index contributed by atoms with van der Waals surface area (Å²) in [6, 6.07) is 8.44. The van der Waals surface area contributed by atoms with Gasteiger partial charge in [-0.1, -0.05) is 18.2 Å².